The van der Waals surface area contributed by atoms with Gasteiger partial charge in [0.15, 0.2) is 13.1 Å². The van der Waals surface area contributed by atoms with Gasteiger partial charge in [-0.05, 0) is 25.1 Å². The Balaban J connectivity index is 0.00000182. The summed E-state index contributed by atoms with van der Waals surface area (Å²) in [6, 6.07) is 4.40. The number of allylic oxidation sites excluding steroid dienone is 1. The molecule has 0 aliphatic heterocycles. The summed E-state index contributed by atoms with van der Waals surface area (Å²) in [5.41, 5.74) is 1.92. The third-order valence-corrected chi connectivity index (χ3v) is 5.49. The molecule has 0 aliphatic carbocycles. The van der Waals surface area contributed by atoms with Crippen LogP contribution < -0.4 is 68.9 Å². The van der Waals surface area contributed by atoms with Crippen molar-refractivity contribution in [3.05, 3.63) is 63.2 Å². The predicted octanol–water partition coefficient (Wildman–Crippen LogP) is -3.65. The monoisotopic (exact) mass is 441 g/mol. The van der Waals surface area contributed by atoms with Gasteiger partial charge in [-0.3, -0.25) is 4.79 Å². The van der Waals surface area contributed by atoms with Crippen LogP contribution in [0.5, 0.6) is 0 Å². The van der Waals surface area contributed by atoms with Crippen LogP contribution in [0, 0.1) is 0 Å². The van der Waals surface area contributed by atoms with Crippen LogP contribution in [0.2, 0.25) is 5.02 Å². The minimum absolute atomic E-state index is 0. The molecule has 3 rings (SSSR count). The SMILES string of the molecule is C=C(C)Cc1csc(C(=O)c2cn([P+]([O-])([O-])O)c3ccc(Cl)cc23)n1.[Na+].[Na+]. The van der Waals surface area contributed by atoms with E-state index in [1.54, 1.807) is 5.38 Å². The molecule has 0 fully saturated rings. The minimum Gasteiger partial charge on any atom is -0.640 e. The fraction of sp³-hybridized carbons (Fsp3) is 0.125. The van der Waals surface area contributed by atoms with Crippen LogP contribution in [0.4, 0.5) is 0 Å². The second-order valence-electron chi connectivity index (χ2n) is 5.65. The van der Waals surface area contributed by atoms with Crippen molar-refractivity contribution in [2.24, 2.45) is 0 Å². The molecule has 0 amide bonds. The number of halogens is 1. The van der Waals surface area contributed by atoms with E-state index in [1.165, 1.54) is 29.5 Å². The summed E-state index contributed by atoms with van der Waals surface area (Å²) in [6.45, 7) is 5.68. The average molecular weight is 442 g/mol. The van der Waals surface area contributed by atoms with Gasteiger partial charge in [-0.2, -0.15) is 0 Å². The smallest absolute Gasteiger partial charge is 0.640 e. The van der Waals surface area contributed by atoms with E-state index in [9.17, 15) is 19.5 Å². The first-order chi connectivity index (χ1) is 11.7. The van der Waals surface area contributed by atoms with E-state index in [0.29, 0.717) is 21.2 Å². The Hall–Kier alpha value is 0.400. The molecule has 1 aromatic carbocycles. The Morgan fingerprint density at radius 3 is 2.67 bits per heavy atom. The molecule has 0 radical (unpaired) electrons. The van der Waals surface area contributed by atoms with Crippen LogP contribution in [0.1, 0.15) is 28.0 Å². The zero-order valence-electron chi connectivity index (χ0n) is 15.1. The van der Waals surface area contributed by atoms with Gasteiger partial charge in [0.1, 0.15) is 0 Å². The number of hydrogen-bond acceptors (Lipinski definition) is 6. The summed E-state index contributed by atoms with van der Waals surface area (Å²) in [4.78, 5) is 49.7. The van der Waals surface area contributed by atoms with Gasteiger partial charge >= 0.3 is 59.1 Å². The zero-order chi connectivity index (χ0) is 18.4. The first kappa shape index (κ1) is 25.4. The number of rotatable bonds is 5. The molecule has 0 atom stereocenters. The molecule has 1 N–H and O–H groups in total. The molecule has 0 bridgehead atoms. The van der Waals surface area contributed by atoms with E-state index < -0.39 is 13.9 Å². The van der Waals surface area contributed by atoms with Crippen LogP contribution in [-0.2, 0) is 6.42 Å². The summed E-state index contributed by atoms with van der Waals surface area (Å²) in [6.07, 6.45) is 1.65. The number of benzene rings is 1. The number of carbonyl (C=O) groups is 1. The number of nitrogens with zero attached hydrogens (tertiary/aromatic N) is 2. The van der Waals surface area contributed by atoms with E-state index in [2.05, 4.69) is 11.6 Å². The summed E-state index contributed by atoms with van der Waals surface area (Å²) in [7, 11) is -4.86. The van der Waals surface area contributed by atoms with Crippen LogP contribution >= 0.6 is 31.0 Å². The van der Waals surface area contributed by atoms with E-state index in [1.807, 2.05) is 6.92 Å². The molecule has 27 heavy (non-hydrogen) atoms. The van der Waals surface area contributed by atoms with E-state index in [4.69, 9.17) is 11.6 Å². The van der Waals surface area contributed by atoms with Crippen molar-refractivity contribution in [2.45, 2.75) is 13.3 Å². The maximum absolute atomic E-state index is 12.8. The molecule has 2 heterocycles. The zero-order valence-corrected chi connectivity index (χ0v) is 21.6. The van der Waals surface area contributed by atoms with Gasteiger partial charge in [0.05, 0.1) is 23.0 Å². The van der Waals surface area contributed by atoms with Crippen molar-refractivity contribution in [2.75, 3.05) is 0 Å². The van der Waals surface area contributed by atoms with Crippen molar-refractivity contribution in [3.8, 4) is 0 Å². The fourth-order valence-electron chi connectivity index (χ4n) is 2.49. The third kappa shape index (κ3) is 5.72. The molecule has 130 valence electrons. The Bertz CT molecular complexity index is 1000. The normalized spacial score (nSPS) is 11.0. The number of ketones is 1. The third-order valence-electron chi connectivity index (χ3n) is 3.49. The van der Waals surface area contributed by atoms with Gasteiger partial charge in [0.25, 0.3) is 0 Å². The van der Waals surface area contributed by atoms with Crippen LogP contribution in [0.25, 0.3) is 10.9 Å². The van der Waals surface area contributed by atoms with Gasteiger partial charge in [-0.15, -0.1) is 11.3 Å². The predicted molar refractivity (Wildman–Crippen MR) is 95.5 cm³/mol. The van der Waals surface area contributed by atoms with Crippen LogP contribution in [-0.4, -0.2) is 20.0 Å². The Morgan fingerprint density at radius 1 is 1.41 bits per heavy atom. The second-order valence-corrected chi connectivity index (χ2v) is 8.35. The molecule has 6 nitrogen and oxygen atoms in total. The quantitative estimate of drug-likeness (QED) is 0.190. The fourth-order valence-corrected chi connectivity index (χ4v) is 4.14. The van der Waals surface area contributed by atoms with Crippen molar-refractivity contribution in [1.29, 1.82) is 0 Å². The Kier molecular flexibility index (Phi) is 9.36. The van der Waals surface area contributed by atoms with Crippen molar-refractivity contribution in [1.82, 2.24) is 9.32 Å². The van der Waals surface area contributed by atoms with E-state index in [-0.39, 0.29) is 75.2 Å². The van der Waals surface area contributed by atoms with Gasteiger partial charge in [0.2, 0.25) is 5.78 Å². The van der Waals surface area contributed by atoms with Crippen molar-refractivity contribution in [3.63, 3.8) is 0 Å². The maximum atomic E-state index is 12.8. The number of carbonyl (C=O) groups excluding carboxylic acids is 1. The van der Waals surface area contributed by atoms with Gasteiger partial charge in [-0.25, -0.2) is 14.2 Å². The van der Waals surface area contributed by atoms with Crippen LogP contribution in [0.15, 0.2) is 41.9 Å². The first-order valence-electron chi connectivity index (χ1n) is 7.15. The number of hydrogen-bond donors (Lipinski definition) is 1. The van der Waals surface area contributed by atoms with Crippen LogP contribution in [0.3, 0.4) is 0 Å². The molecule has 3 aromatic rings. The topological polar surface area (TPSA) is 101 Å². The summed E-state index contributed by atoms with van der Waals surface area (Å²) >= 11 is 7.14. The standard InChI is InChI=1S/C16H14ClN2O4PS.2Na/c1-9(2)5-11-8-25-16(18-11)15(20)13-7-19(24(21,22)23)14-4-3-10(17)6-12(13)14;;/h3-4,6-8H,1,5H2,2H3,(H2,21,22,23);;/q;2*+1/p-1. The maximum Gasteiger partial charge on any atom is 1.00 e. The molecule has 0 spiro atoms. The first-order valence-corrected chi connectivity index (χ1v) is 9.94. The summed E-state index contributed by atoms with van der Waals surface area (Å²) in [5.74, 6) is -0.433. The second kappa shape index (κ2) is 9.94. The summed E-state index contributed by atoms with van der Waals surface area (Å²) in [5, 5.41) is 2.67. The van der Waals surface area contributed by atoms with Gasteiger partial charge < -0.3 is 9.79 Å². The van der Waals surface area contributed by atoms with Crippen molar-refractivity contribution >= 4 is 47.7 Å². The van der Waals surface area contributed by atoms with E-state index in [0.717, 1.165) is 17.5 Å². The Morgan fingerprint density at radius 2 is 2.07 bits per heavy atom. The molecular weight excluding hydrogens is 429 g/mol. The number of thiazole rings is 1. The largest absolute Gasteiger partial charge is 1.00 e. The van der Waals surface area contributed by atoms with E-state index >= 15 is 0 Å². The number of aromatic nitrogens is 2. The summed E-state index contributed by atoms with van der Waals surface area (Å²) < 4.78 is 0.675. The molecule has 0 saturated heterocycles. The molecule has 11 heteroatoms. The molecule has 0 unspecified atom stereocenters. The molecule has 2 aromatic heterocycles. The molecular formula is C16H13ClN2Na2O4PS+. The van der Waals surface area contributed by atoms with Crippen molar-refractivity contribution < 1.29 is 78.6 Å². The number of fused-ring (bicyclic) bond motifs is 1. The average Bonchev–Trinajstić information content (AvgIpc) is 3.09. The minimum atomic E-state index is -4.86. The molecule has 0 saturated carbocycles. The van der Waals surface area contributed by atoms with Gasteiger partial charge in [-0.1, -0.05) is 23.8 Å². The molecule has 0 aliphatic rings. The van der Waals surface area contributed by atoms with Gasteiger partial charge in [0, 0.05) is 22.2 Å². The Labute approximate surface area is 210 Å².